The van der Waals surface area contributed by atoms with Gasteiger partial charge in [-0.3, -0.25) is 4.57 Å². The van der Waals surface area contributed by atoms with Gasteiger partial charge in [0.25, 0.3) is 0 Å². The van der Waals surface area contributed by atoms with Gasteiger partial charge in [0.2, 0.25) is 5.95 Å². The molecule has 3 aromatic rings. The first-order chi connectivity index (χ1) is 10.1. The number of nitriles is 1. The number of methoxy groups -OCH3 is 1. The van der Waals surface area contributed by atoms with Gasteiger partial charge in [0.1, 0.15) is 17.3 Å². The molecule has 6 heteroatoms. The van der Waals surface area contributed by atoms with Gasteiger partial charge in [-0.05, 0) is 24.3 Å². The molecule has 0 fully saturated rings. The molecule has 1 aromatic heterocycles. The van der Waals surface area contributed by atoms with Crippen molar-refractivity contribution in [3.63, 3.8) is 0 Å². The molecule has 0 saturated heterocycles. The minimum absolute atomic E-state index is 0.327. The Morgan fingerprint density at radius 1 is 1.33 bits per heavy atom. The molecular formula is C15H11BrN4O. The van der Waals surface area contributed by atoms with E-state index >= 15 is 0 Å². The third-order valence-electron chi connectivity index (χ3n) is 3.18. The van der Waals surface area contributed by atoms with Gasteiger partial charge in [-0.15, -0.1) is 0 Å². The van der Waals surface area contributed by atoms with Crippen molar-refractivity contribution in [3.05, 3.63) is 46.4 Å². The average Bonchev–Trinajstić information content (AvgIpc) is 2.82. The highest BCUT2D eigenvalue weighted by molar-refractivity contribution is 9.10. The number of para-hydroxylation sites is 1. The fourth-order valence-corrected chi connectivity index (χ4v) is 2.73. The normalized spacial score (nSPS) is 10.5. The van der Waals surface area contributed by atoms with Crippen molar-refractivity contribution < 1.29 is 4.74 Å². The lowest BCUT2D eigenvalue weighted by Gasteiger charge is -2.09. The third-order valence-corrected chi connectivity index (χ3v) is 3.64. The van der Waals surface area contributed by atoms with E-state index in [1.807, 2.05) is 30.3 Å². The maximum Gasteiger partial charge on any atom is 0.205 e. The molecule has 0 unspecified atom stereocenters. The Bertz CT molecular complexity index is 879. The molecule has 104 valence electrons. The zero-order chi connectivity index (χ0) is 15.0. The molecule has 1 heterocycles. The minimum atomic E-state index is 0.327. The van der Waals surface area contributed by atoms with Crippen LogP contribution in [0.4, 0.5) is 5.95 Å². The predicted octanol–water partition coefficient (Wildman–Crippen LogP) is 3.25. The van der Waals surface area contributed by atoms with Crippen molar-refractivity contribution in [2.24, 2.45) is 0 Å². The van der Waals surface area contributed by atoms with Crippen LogP contribution >= 0.6 is 15.9 Å². The van der Waals surface area contributed by atoms with Crippen molar-refractivity contribution >= 4 is 32.9 Å². The Morgan fingerprint density at radius 3 is 2.86 bits per heavy atom. The highest BCUT2D eigenvalue weighted by Crippen LogP contribution is 2.29. The topological polar surface area (TPSA) is 76.9 Å². The van der Waals surface area contributed by atoms with Gasteiger partial charge in [0, 0.05) is 10.5 Å². The third kappa shape index (κ3) is 2.22. The maximum absolute atomic E-state index is 9.17. The molecule has 0 aliphatic rings. The van der Waals surface area contributed by atoms with Crippen LogP contribution in [0.1, 0.15) is 5.56 Å². The molecule has 0 amide bonds. The molecule has 2 aromatic carbocycles. The molecule has 0 saturated carbocycles. The molecule has 0 radical (unpaired) electrons. The summed E-state index contributed by atoms with van der Waals surface area (Å²) in [4.78, 5) is 4.31. The molecule has 0 atom stereocenters. The van der Waals surface area contributed by atoms with Crippen LogP contribution < -0.4 is 10.5 Å². The van der Waals surface area contributed by atoms with E-state index in [2.05, 4.69) is 27.0 Å². The number of benzene rings is 2. The number of nitrogens with two attached hydrogens (primary N) is 1. The number of nitrogen functional groups attached to an aromatic ring is 1. The lowest BCUT2D eigenvalue weighted by molar-refractivity contribution is 0.414. The van der Waals surface area contributed by atoms with Crippen LogP contribution in [-0.4, -0.2) is 16.7 Å². The number of aromatic nitrogens is 2. The zero-order valence-electron chi connectivity index (χ0n) is 11.2. The number of hydrogen-bond acceptors (Lipinski definition) is 4. The fraction of sp³-hybridized carbons (Fsp3) is 0.0667. The van der Waals surface area contributed by atoms with Gasteiger partial charge >= 0.3 is 0 Å². The molecule has 3 rings (SSSR count). The Morgan fingerprint density at radius 2 is 2.14 bits per heavy atom. The largest absolute Gasteiger partial charge is 0.497 e. The summed E-state index contributed by atoms with van der Waals surface area (Å²) in [5.41, 5.74) is 8.73. The highest BCUT2D eigenvalue weighted by Gasteiger charge is 2.14. The van der Waals surface area contributed by atoms with Crippen LogP contribution in [0, 0.1) is 11.3 Å². The standard InChI is InChI=1S/C15H11BrN4O/c1-21-12-6-10(16)5-11(7-12)20-13-4-2-3-9(8-17)14(13)19-15(20)18/h2-7H,1H3,(H2,18,19). The molecule has 0 spiro atoms. The Balaban J connectivity index is 2.33. The van der Waals surface area contributed by atoms with Crippen LogP contribution in [0.5, 0.6) is 5.75 Å². The van der Waals surface area contributed by atoms with Crippen molar-refractivity contribution in [2.45, 2.75) is 0 Å². The second kappa shape index (κ2) is 5.11. The summed E-state index contributed by atoms with van der Waals surface area (Å²) in [5.74, 6) is 1.03. The maximum atomic E-state index is 9.17. The van der Waals surface area contributed by atoms with E-state index in [-0.39, 0.29) is 0 Å². The van der Waals surface area contributed by atoms with Gasteiger partial charge in [-0.2, -0.15) is 5.26 Å². The Hall–Kier alpha value is -2.52. The number of rotatable bonds is 2. The summed E-state index contributed by atoms with van der Waals surface area (Å²) in [6, 6.07) is 13.2. The van der Waals surface area contributed by atoms with E-state index in [9.17, 15) is 0 Å². The number of imidazole rings is 1. The highest BCUT2D eigenvalue weighted by atomic mass is 79.9. The number of fused-ring (bicyclic) bond motifs is 1. The van der Waals surface area contributed by atoms with Gasteiger partial charge < -0.3 is 10.5 Å². The van der Waals surface area contributed by atoms with E-state index in [1.54, 1.807) is 17.7 Å². The van der Waals surface area contributed by atoms with Gasteiger partial charge in [0.15, 0.2) is 0 Å². The summed E-state index contributed by atoms with van der Waals surface area (Å²) < 4.78 is 7.94. The molecule has 5 nitrogen and oxygen atoms in total. The summed E-state index contributed by atoms with van der Waals surface area (Å²) in [7, 11) is 1.61. The van der Waals surface area contributed by atoms with Crippen LogP contribution in [-0.2, 0) is 0 Å². The van der Waals surface area contributed by atoms with E-state index in [0.29, 0.717) is 22.8 Å². The Kier molecular flexibility index (Phi) is 3.28. The average molecular weight is 343 g/mol. The van der Waals surface area contributed by atoms with Crippen molar-refractivity contribution in [2.75, 3.05) is 12.8 Å². The first-order valence-electron chi connectivity index (χ1n) is 6.16. The number of nitrogens with zero attached hydrogens (tertiary/aromatic N) is 3. The van der Waals surface area contributed by atoms with Gasteiger partial charge in [-0.1, -0.05) is 22.0 Å². The van der Waals surface area contributed by atoms with Crippen molar-refractivity contribution in [1.29, 1.82) is 5.26 Å². The number of anilines is 1. The van der Waals surface area contributed by atoms with Crippen LogP contribution in [0.25, 0.3) is 16.7 Å². The molecular weight excluding hydrogens is 332 g/mol. The van der Waals surface area contributed by atoms with Crippen LogP contribution in [0.3, 0.4) is 0 Å². The van der Waals surface area contributed by atoms with Crippen molar-refractivity contribution in [1.82, 2.24) is 9.55 Å². The number of ether oxygens (including phenoxy) is 1. The zero-order valence-corrected chi connectivity index (χ0v) is 12.8. The quantitative estimate of drug-likeness (QED) is 0.775. The summed E-state index contributed by atoms with van der Waals surface area (Å²) in [6.07, 6.45) is 0. The molecule has 0 bridgehead atoms. The smallest absolute Gasteiger partial charge is 0.205 e. The van der Waals surface area contributed by atoms with Crippen molar-refractivity contribution in [3.8, 4) is 17.5 Å². The summed E-state index contributed by atoms with van der Waals surface area (Å²) in [6.45, 7) is 0. The molecule has 21 heavy (non-hydrogen) atoms. The molecule has 0 aliphatic carbocycles. The van der Waals surface area contributed by atoms with Crippen LogP contribution in [0.15, 0.2) is 40.9 Å². The first kappa shape index (κ1) is 13.5. The second-order valence-electron chi connectivity index (χ2n) is 4.44. The van der Waals surface area contributed by atoms with Gasteiger partial charge in [0.05, 0.1) is 23.9 Å². The first-order valence-corrected chi connectivity index (χ1v) is 6.95. The van der Waals surface area contributed by atoms with E-state index in [0.717, 1.165) is 15.7 Å². The molecule has 0 aliphatic heterocycles. The van der Waals surface area contributed by atoms with E-state index < -0.39 is 0 Å². The molecule has 2 N–H and O–H groups in total. The number of halogens is 1. The number of hydrogen-bond donors (Lipinski definition) is 1. The summed E-state index contributed by atoms with van der Waals surface area (Å²) >= 11 is 3.45. The Labute approximate surface area is 129 Å². The minimum Gasteiger partial charge on any atom is -0.497 e. The van der Waals surface area contributed by atoms with E-state index in [4.69, 9.17) is 15.7 Å². The van der Waals surface area contributed by atoms with Crippen LogP contribution in [0.2, 0.25) is 0 Å². The monoisotopic (exact) mass is 342 g/mol. The predicted molar refractivity (Wildman–Crippen MR) is 84.4 cm³/mol. The van der Waals surface area contributed by atoms with Gasteiger partial charge in [-0.25, -0.2) is 4.98 Å². The second-order valence-corrected chi connectivity index (χ2v) is 5.36. The SMILES string of the molecule is COc1cc(Br)cc(-n2c(N)nc3c(C#N)cccc32)c1. The summed E-state index contributed by atoms with van der Waals surface area (Å²) in [5, 5.41) is 9.17. The van der Waals surface area contributed by atoms with E-state index in [1.165, 1.54) is 0 Å². The lowest BCUT2D eigenvalue weighted by atomic mass is 10.2. The lowest BCUT2D eigenvalue weighted by Crippen LogP contribution is -2.01. The fourth-order valence-electron chi connectivity index (χ4n) is 2.27.